The number of nitrogens with two attached hydrogens (primary N) is 1. The van der Waals surface area contributed by atoms with Crippen molar-refractivity contribution in [2.45, 2.75) is 6.42 Å². The van der Waals surface area contributed by atoms with Gasteiger partial charge < -0.3 is 24.5 Å². The van der Waals surface area contributed by atoms with Crippen LogP contribution in [0.25, 0.3) is 11.3 Å². The summed E-state index contributed by atoms with van der Waals surface area (Å²) in [7, 11) is 1.54. The van der Waals surface area contributed by atoms with Crippen molar-refractivity contribution in [2.24, 2.45) is 5.73 Å². The van der Waals surface area contributed by atoms with Gasteiger partial charge in [-0.05, 0) is 6.07 Å². The number of aromatic nitrogens is 2. The summed E-state index contributed by atoms with van der Waals surface area (Å²) >= 11 is 0. The lowest BCUT2D eigenvalue weighted by molar-refractivity contribution is 0.147. The summed E-state index contributed by atoms with van der Waals surface area (Å²) in [5.74, 6) is 1.40. The fourth-order valence-electron chi connectivity index (χ4n) is 1.68. The summed E-state index contributed by atoms with van der Waals surface area (Å²) in [4.78, 5) is 14.6. The van der Waals surface area contributed by atoms with Crippen LogP contribution in [-0.2, 0) is 4.74 Å². The van der Waals surface area contributed by atoms with E-state index in [1.54, 1.807) is 25.4 Å². The monoisotopic (exact) mass is 293 g/mol. The van der Waals surface area contributed by atoms with Crippen LogP contribution in [0.5, 0.6) is 11.6 Å². The van der Waals surface area contributed by atoms with Crippen LogP contribution in [0.4, 0.5) is 4.79 Å². The second-order valence-electron chi connectivity index (χ2n) is 3.94. The molecule has 2 rings (SSSR count). The van der Waals surface area contributed by atoms with Gasteiger partial charge in [-0.1, -0.05) is 5.16 Å². The first kappa shape index (κ1) is 14.6. The summed E-state index contributed by atoms with van der Waals surface area (Å²) in [6.07, 6.45) is 2.76. The molecule has 2 N–H and O–H groups in total. The number of pyridine rings is 1. The topological polar surface area (TPSA) is 110 Å². The molecule has 8 heteroatoms. The lowest BCUT2D eigenvalue weighted by Crippen LogP contribution is -2.15. The molecule has 21 heavy (non-hydrogen) atoms. The van der Waals surface area contributed by atoms with E-state index in [2.05, 4.69) is 14.9 Å². The van der Waals surface area contributed by atoms with Gasteiger partial charge in [0.25, 0.3) is 0 Å². The molecular weight excluding hydrogens is 278 g/mol. The maximum atomic E-state index is 10.4. The van der Waals surface area contributed by atoms with Gasteiger partial charge in [-0.25, -0.2) is 9.78 Å². The largest absolute Gasteiger partial charge is 0.496 e. The van der Waals surface area contributed by atoms with Gasteiger partial charge in [-0.3, -0.25) is 0 Å². The van der Waals surface area contributed by atoms with Gasteiger partial charge in [0.15, 0.2) is 5.76 Å². The quantitative estimate of drug-likeness (QED) is 0.772. The Hall–Kier alpha value is -2.77. The van der Waals surface area contributed by atoms with E-state index in [0.29, 0.717) is 36.0 Å². The first-order chi connectivity index (χ1) is 10.2. The minimum absolute atomic E-state index is 0.178. The Labute approximate surface area is 120 Å². The molecule has 8 nitrogen and oxygen atoms in total. The second-order valence-corrected chi connectivity index (χ2v) is 3.94. The van der Waals surface area contributed by atoms with Crippen molar-refractivity contribution in [3.8, 4) is 23.0 Å². The van der Waals surface area contributed by atoms with Crippen molar-refractivity contribution in [3.05, 3.63) is 24.5 Å². The summed E-state index contributed by atoms with van der Waals surface area (Å²) in [6, 6.07) is 3.38. The number of carbonyl (C=O) groups is 1. The molecule has 0 aliphatic rings. The first-order valence-electron chi connectivity index (χ1n) is 6.21. The lowest BCUT2D eigenvalue weighted by Gasteiger charge is -2.11. The summed E-state index contributed by atoms with van der Waals surface area (Å²) in [5.41, 5.74) is 5.44. The highest BCUT2D eigenvalue weighted by Crippen LogP contribution is 2.36. The highest BCUT2D eigenvalue weighted by atomic mass is 16.5. The molecule has 0 saturated carbocycles. The van der Waals surface area contributed by atoms with Crippen LogP contribution in [0, 0.1) is 0 Å². The molecule has 0 aliphatic carbocycles. The lowest BCUT2D eigenvalue weighted by atomic mass is 10.2. The average Bonchev–Trinajstić information content (AvgIpc) is 3.00. The van der Waals surface area contributed by atoms with Crippen LogP contribution in [0.1, 0.15) is 6.42 Å². The first-order valence-corrected chi connectivity index (χ1v) is 6.21. The molecule has 0 bridgehead atoms. The fourth-order valence-corrected chi connectivity index (χ4v) is 1.68. The molecule has 0 atom stereocenters. The number of nitrogens with zero attached hydrogens (tertiary/aromatic N) is 2. The molecule has 2 heterocycles. The van der Waals surface area contributed by atoms with Crippen molar-refractivity contribution >= 4 is 6.09 Å². The number of carbonyl (C=O) groups excluding carboxylic acids is 1. The highest BCUT2D eigenvalue weighted by Gasteiger charge is 2.17. The van der Waals surface area contributed by atoms with Crippen LogP contribution < -0.4 is 15.2 Å². The fraction of sp³-hybridized carbons (Fsp3) is 0.308. The van der Waals surface area contributed by atoms with Crippen molar-refractivity contribution in [2.75, 3.05) is 20.3 Å². The number of primary amides is 1. The molecule has 0 radical (unpaired) electrons. The maximum absolute atomic E-state index is 10.4. The zero-order valence-corrected chi connectivity index (χ0v) is 11.4. The van der Waals surface area contributed by atoms with E-state index in [1.807, 2.05) is 0 Å². The van der Waals surface area contributed by atoms with Gasteiger partial charge in [0, 0.05) is 18.7 Å². The van der Waals surface area contributed by atoms with E-state index in [9.17, 15) is 4.79 Å². The van der Waals surface area contributed by atoms with E-state index >= 15 is 0 Å². The SMILES string of the molecule is COc1ccnc(OCCCOC(N)=O)c1-c1ccno1. The van der Waals surface area contributed by atoms with Gasteiger partial charge in [0.05, 0.1) is 26.5 Å². The standard InChI is InChI=1S/C13H15N3O5/c1-18-9-3-5-15-12(11(9)10-4-6-16-21-10)19-7-2-8-20-13(14)17/h3-6H,2,7-8H2,1H3,(H2,14,17). The Kier molecular flexibility index (Phi) is 4.97. The molecule has 1 amide bonds. The van der Waals surface area contributed by atoms with E-state index in [1.165, 1.54) is 6.20 Å². The van der Waals surface area contributed by atoms with Crippen LogP contribution in [0.2, 0.25) is 0 Å². The van der Waals surface area contributed by atoms with E-state index < -0.39 is 6.09 Å². The predicted molar refractivity (Wildman–Crippen MR) is 71.9 cm³/mol. The third-order valence-corrected chi connectivity index (χ3v) is 2.55. The molecule has 0 unspecified atom stereocenters. The number of ether oxygens (including phenoxy) is 3. The molecule has 0 saturated heterocycles. The molecule has 0 aliphatic heterocycles. The molecule has 0 spiro atoms. The third kappa shape index (κ3) is 3.85. The zero-order chi connectivity index (χ0) is 15.1. The van der Waals surface area contributed by atoms with Crippen LogP contribution in [0.15, 0.2) is 29.0 Å². The number of amides is 1. The Morgan fingerprint density at radius 2 is 2.19 bits per heavy atom. The number of rotatable bonds is 7. The zero-order valence-electron chi connectivity index (χ0n) is 11.4. The Bertz CT molecular complexity index is 585. The van der Waals surface area contributed by atoms with E-state index in [4.69, 9.17) is 19.7 Å². The van der Waals surface area contributed by atoms with Gasteiger partial charge in [-0.2, -0.15) is 0 Å². The van der Waals surface area contributed by atoms with E-state index in [-0.39, 0.29) is 6.61 Å². The number of methoxy groups -OCH3 is 1. The summed E-state index contributed by atoms with van der Waals surface area (Å²) < 4.78 is 20.6. The molecule has 0 fully saturated rings. The molecule has 2 aromatic heterocycles. The predicted octanol–water partition coefficient (Wildman–Crippen LogP) is 1.61. The number of hydrogen-bond donors (Lipinski definition) is 1. The van der Waals surface area contributed by atoms with Gasteiger partial charge in [-0.15, -0.1) is 0 Å². The number of hydrogen-bond acceptors (Lipinski definition) is 7. The normalized spacial score (nSPS) is 10.1. The Balaban J connectivity index is 2.07. The minimum Gasteiger partial charge on any atom is -0.496 e. The van der Waals surface area contributed by atoms with Crippen LogP contribution in [-0.4, -0.2) is 36.6 Å². The van der Waals surface area contributed by atoms with E-state index in [0.717, 1.165) is 0 Å². The van der Waals surface area contributed by atoms with Crippen molar-refractivity contribution in [1.82, 2.24) is 10.1 Å². The average molecular weight is 293 g/mol. The van der Waals surface area contributed by atoms with Gasteiger partial charge >= 0.3 is 6.09 Å². The van der Waals surface area contributed by atoms with Gasteiger partial charge in [0.2, 0.25) is 5.88 Å². The Morgan fingerprint density at radius 3 is 2.86 bits per heavy atom. The Morgan fingerprint density at radius 1 is 1.33 bits per heavy atom. The second kappa shape index (κ2) is 7.13. The smallest absolute Gasteiger partial charge is 0.404 e. The molecule has 112 valence electrons. The third-order valence-electron chi connectivity index (χ3n) is 2.55. The molecule has 0 aromatic carbocycles. The van der Waals surface area contributed by atoms with Gasteiger partial charge in [0.1, 0.15) is 11.3 Å². The molecule has 2 aromatic rings. The minimum atomic E-state index is -0.808. The van der Waals surface area contributed by atoms with Crippen molar-refractivity contribution in [3.63, 3.8) is 0 Å². The van der Waals surface area contributed by atoms with Crippen molar-refractivity contribution < 1.29 is 23.5 Å². The summed E-state index contributed by atoms with van der Waals surface area (Å²) in [5, 5.41) is 3.66. The highest BCUT2D eigenvalue weighted by molar-refractivity contribution is 5.70. The van der Waals surface area contributed by atoms with Crippen molar-refractivity contribution in [1.29, 1.82) is 0 Å². The summed E-state index contributed by atoms with van der Waals surface area (Å²) in [6.45, 7) is 0.478. The van der Waals surface area contributed by atoms with Crippen LogP contribution >= 0.6 is 0 Å². The maximum Gasteiger partial charge on any atom is 0.404 e. The van der Waals surface area contributed by atoms with Crippen LogP contribution in [0.3, 0.4) is 0 Å². The molecular formula is C13H15N3O5.